The quantitative estimate of drug-likeness (QED) is 0.350. The summed E-state index contributed by atoms with van der Waals surface area (Å²) in [5.41, 5.74) is 3.21. The Morgan fingerprint density at radius 1 is 1.22 bits per heavy atom. The van der Waals surface area contributed by atoms with Gasteiger partial charge in [0.2, 0.25) is 0 Å². The zero-order chi connectivity index (χ0) is 19.4. The lowest BCUT2D eigenvalue weighted by molar-refractivity contribution is -0.148. The molecule has 144 valence electrons. The van der Waals surface area contributed by atoms with Gasteiger partial charge in [0.15, 0.2) is 5.78 Å². The van der Waals surface area contributed by atoms with Crippen molar-refractivity contribution < 1.29 is 19.1 Å². The lowest BCUT2D eigenvalue weighted by atomic mass is 9.72. The van der Waals surface area contributed by atoms with E-state index in [1.807, 2.05) is 38.1 Å². The molecule has 1 aromatic rings. The van der Waals surface area contributed by atoms with Crippen molar-refractivity contribution in [3.63, 3.8) is 0 Å². The smallest absolute Gasteiger partial charge is 0.315 e. The average molecular weight is 481 g/mol. The summed E-state index contributed by atoms with van der Waals surface area (Å²) in [4.78, 5) is 30.3. The molecular weight excluding hydrogens is 457 g/mol. The first-order chi connectivity index (χ1) is 13.0. The SMILES string of the molecule is CCOCCOC(=O)C1C(C)=NC2=C(C(=O)CCC2)[C@@H]1c1ccc(I)cc1. The van der Waals surface area contributed by atoms with Crippen LogP contribution in [0.3, 0.4) is 0 Å². The van der Waals surface area contributed by atoms with Crippen LogP contribution in [0.1, 0.15) is 44.6 Å². The fraction of sp³-hybridized carbons (Fsp3) is 0.476. The highest BCUT2D eigenvalue weighted by Crippen LogP contribution is 2.43. The predicted molar refractivity (Wildman–Crippen MR) is 112 cm³/mol. The van der Waals surface area contributed by atoms with Crippen LogP contribution in [0, 0.1) is 9.49 Å². The molecular formula is C21H24INO4. The van der Waals surface area contributed by atoms with E-state index >= 15 is 0 Å². The fourth-order valence-electron chi connectivity index (χ4n) is 3.78. The first kappa shape index (κ1) is 20.2. The minimum atomic E-state index is -0.576. The molecule has 6 heteroatoms. The van der Waals surface area contributed by atoms with Gasteiger partial charge in [-0.3, -0.25) is 14.6 Å². The largest absolute Gasteiger partial charge is 0.463 e. The number of ether oxygens (including phenoxy) is 2. The Labute approximate surface area is 173 Å². The fourth-order valence-corrected chi connectivity index (χ4v) is 4.14. The number of Topliss-reactive ketones (excluding diaryl/α,β-unsaturated/α-hetero) is 1. The maximum Gasteiger partial charge on any atom is 0.315 e. The number of carbonyl (C=O) groups is 2. The van der Waals surface area contributed by atoms with Gasteiger partial charge in [0.25, 0.3) is 0 Å². The maximum absolute atomic E-state index is 12.9. The molecule has 1 aromatic carbocycles. The molecule has 0 bridgehead atoms. The molecule has 1 aliphatic carbocycles. The number of nitrogens with zero attached hydrogens (tertiary/aromatic N) is 1. The highest BCUT2D eigenvalue weighted by atomic mass is 127. The number of ketones is 1. The highest BCUT2D eigenvalue weighted by Gasteiger charge is 2.43. The van der Waals surface area contributed by atoms with Crippen molar-refractivity contribution in [2.24, 2.45) is 10.9 Å². The summed E-state index contributed by atoms with van der Waals surface area (Å²) >= 11 is 2.25. The number of halogens is 1. The van der Waals surface area contributed by atoms with Gasteiger partial charge in [0, 0.05) is 39.5 Å². The van der Waals surface area contributed by atoms with E-state index in [2.05, 4.69) is 27.6 Å². The van der Waals surface area contributed by atoms with Crippen LogP contribution < -0.4 is 0 Å². The number of benzene rings is 1. The van der Waals surface area contributed by atoms with Gasteiger partial charge in [-0.15, -0.1) is 0 Å². The van der Waals surface area contributed by atoms with Gasteiger partial charge < -0.3 is 9.47 Å². The Morgan fingerprint density at radius 3 is 2.67 bits per heavy atom. The van der Waals surface area contributed by atoms with Gasteiger partial charge in [-0.05, 0) is 67.0 Å². The second kappa shape index (κ2) is 9.10. The minimum absolute atomic E-state index is 0.100. The topological polar surface area (TPSA) is 65.0 Å². The van der Waals surface area contributed by atoms with Crippen LogP contribution in [0.15, 0.2) is 40.5 Å². The van der Waals surface area contributed by atoms with Crippen molar-refractivity contribution in [1.29, 1.82) is 0 Å². The van der Waals surface area contributed by atoms with Crippen LogP contribution in [0.5, 0.6) is 0 Å². The normalized spacial score (nSPS) is 22.3. The molecule has 0 saturated carbocycles. The van der Waals surface area contributed by atoms with E-state index in [-0.39, 0.29) is 24.3 Å². The predicted octanol–water partition coefficient (Wildman–Crippen LogP) is 4.05. The summed E-state index contributed by atoms with van der Waals surface area (Å²) < 4.78 is 11.8. The van der Waals surface area contributed by atoms with Crippen molar-refractivity contribution in [2.75, 3.05) is 19.8 Å². The summed E-state index contributed by atoms with van der Waals surface area (Å²) in [6, 6.07) is 8.00. The van der Waals surface area contributed by atoms with E-state index < -0.39 is 5.92 Å². The van der Waals surface area contributed by atoms with Crippen LogP contribution in [-0.4, -0.2) is 37.3 Å². The summed E-state index contributed by atoms with van der Waals surface area (Å²) in [5, 5.41) is 0. The Balaban J connectivity index is 1.96. The third-order valence-corrected chi connectivity index (χ3v) is 5.71. The molecule has 5 nitrogen and oxygen atoms in total. The lowest BCUT2D eigenvalue weighted by Gasteiger charge is -2.34. The number of hydrogen-bond donors (Lipinski definition) is 0. The number of esters is 1. The second-order valence-corrected chi connectivity index (χ2v) is 8.01. The molecule has 0 spiro atoms. The molecule has 0 N–H and O–H groups in total. The van der Waals surface area contributed by atoms with E-state index in [9.17, 15) is 9.59 Å². The summed E-state index contributed by atoms with van der Waals surface area (Å²) in [7, 11) is 0. The average Bonchev–Trinajstić information content (AvgIpc) is 2.65. The number of carbonyl (C=O) groups excluding carboxylic acids is 2. The van der Waals surface area contributed by atoms with Crippen molar-refractivity contribution in [1.82, 2.24) is 0 Å². The van der Waals surface area contributed by atoms with Crippen LogP contribution >= 0.6 is 22.6 Å². The monoisotopic (exact) mass is 481 g/mol. The number of rotatable bonds is 6. The zero-order valence-electron chi connectivity index (χ0n) is 15.7. The molecule has 2 atom stereocenters. The Hall–Kier alpha value is -1.54. The standard InChI is InChI=1S/C21H24INO4/c1-3-26-11-12-27-21(25)18-13(2)23-16-5-4-6-17(24)20(16)19(18)14-7-9-15(22)10-8-14/h7-10,18-19H,3-6,11-12H2,1-2H3/t18?,19-/m1/s1. The van der Waals surface area contributed by atoms with E-state index in [4.69, 9.17) is 9.47 Å². The van der Waals surface area contributed by atoms with Crippen molar-refractivity contribution >= 4 is 40.1 Å². The molecule has 2 aliphatic rings. The molecule has 3 rings (SSSR count). The van der Waals surface area contributed by atoms with Gasteiger partial charge >= 0.3 is 5.97 Å². The Morgan fingerprint density at radius 2 is 1.96 bits per heavy atom. The summed E-state index contributed by atoms with van der Waals surface area (Å²) in [6.45, 7) is 4.91. The van der Waals surface area contributed by atoms with E-state index in [1.54, 1.807) is 0 Å². The van der Waals surface area contributed by atoms with Crippen LogP contribution in [0.25, 0.3) is 0 Å². The molecule has 0 fully saturated rings. The van der Waals surface area contributed by atoms with Gasteiger partial charge in [-0.2, -0.15) is 0 Å². The van der Waals surface area contributed by atoms with Gasteiger partial charge in [0.1, 0.15) is 12.5 Å². The van der Waals surface area contributed by atoms with Crippen molar-refractivity contribution in [3.05, 3.63) is 44.7 Å². The van der Waals surface area contributed by atoms with E-state index in [0.717, 1.165) is 27.7 Å². The highest BCUT2D eigenvalue weighted by molar-refractivity contribution is 14.1. The summed E-state index contributed by atoms with van der Waals surface area (Å²) in [6.07, 6.45) is 2.11. The Kier molecular flexibility index (Phi) is 6.81. The number of aliphatic imine (C=N–C) groups is 1. The first-order valence-electron chi connectivity index (χ1n) is 9.34. The second-order valence-electron chi connectivity index (χ2n) is 6.76. The molecule has 0 radical (unpaired) electrons. The minimum Gasteiger partial charge on any atom is -0.463 e. The molecule has 0 aromatic heterocycles. The number of allylic oxidation sites excluding steroid dienone is 2. The molecule has 1 aliphatic heterocycles. The zero-order valence-corrected chi connectivity index (χ0v) is 17.8. The molecule has 1 heterocycles. The number of hydrogen-bond acceptors (Lipinski definition) is 5. The maximum atomic E-state index is 12.9. The van der Waals surface area contributed by atoms with E-state index in [0.29, 0.717) is 30.9 Å². The van der Waals surface area contributed by atoms with Crippen LogP contribution in [0.2, 0.25) is 0 Å². The third kappa shape index (κ3) is 4.48. The molecule has 0 saturated heterocycles. The van der Waals surface area contributed by atoms with Crippen molar-refractivity contribution in [3.8, 4) is 0 Å². The van der Waals surface area contributed by atoms with Crippen molar-refractivity contribution in [2.45, 2.75) is 39.0 Å². The molecule has 27 heavy (non-hydrogen) atoms. The van der Waals surface area contributed by atoms with Crippen LogP contribution in [-0.2, 0) is 19.1 Å². The molecule has 0 amide bonds. The third-order valence-electron chi connectivity index (χ3n) is 4.99. The van der Waals surface area contributed by atoms with Gasteiger partial charge in [0.05, 0.1) is 6.61 Å². The van der Waals surface area contributed by atoms with Gasteiger partial charge in [-0.25, -0.2) is 0 Å². The lowest BCUT2D eigenvalue weighted by Crippen LogP contribution is -2.37. The first-order valence-corrected chi connectivity index (χ1v) is 10.4. The Bertz CT molecular complexity index is 782. The van der Waals surface area contributed by atoms with E-state index in [1.165, 1.54) is 0 Å². The van der Waals surface area contributed by atoms with Crippen LogP contribution in [0.4, 0.5) is 0 Å². The van der Waals surface area contributed by atoms with Gasteiger partial charge in [-0.1, -0.05) is 12.1 Å². The summed E-state index contributed by atoms with van der Waals surface area (Å²) in [5.74, 6) is -1.15. The molecule has 1 unspecified atom stereocenters.